The Morgan fingerprint density at radius 3 is 2.07 bits per heavy atom. The van der Waals surface area contributed by atoms with Crippen LogP contribution in [0, 0.1) is 0 Å². The van der Waals surface area contributed by atoms with Crippen molar-refractivity contribution in [1.29, 1.82) is 0 Å². The Kier molecular flexibility index (Phi) is 5.65. The van der Waals surface area contributed by atoms with Gasteiger partial charge in [0.15, 0.2) is 0 Å². The zero-order chi connectivity index (χ0) is 19.7. The van der Waals surface area contributed by atoms with Gasteiger partial charge in [0.1, 0.15) is 5.75 Å². The van der Waals surface area contributed by atoms with Crippen molar-refractivity contribution in [2.75, 3.05) is 6.54 Å². The van der Waals surface area contributed by atoms with E-state index in [1.165, 1.54) is 6.07 Å². The molecule has 2 saturated carbocycles. The first-order valence-corrected chi connectivity index (χ1v) is 12.1. The molecule has 0 radical (unpaired) electrons. The van der Waals surface area contributed by atoms with Gasteiger partial charge in [-0.05, 0) is 43.7 Å². The molecular weight excluding hydrogens is 376 g/mol. The molecule has 2 aliphatic carbocycles. The van der Waals surface area contributed by atoms with E-state index in [4.69, 9.17) is 0 Å². The molecule has 1 amide bonds. The summed E-state index contributed by atoms with van der Waals surface area (Å²) in [6.45, 7) is 0.146. The SMILES string of the molecule is O=C1c2c(O)cccc2CCN1S(=O)(=O)N(C1CCCCC1)C1CCCCC1. The van der Waals surface area contributed by atoms with Crippen molar-refractivity contribution in [2.24, 2.45) is 0 Å². The van der Waals surface area contributed by atoms with E-state index in [1.54, 1.807) is 16.4 Å². The number of fused-ring (bicyclic) bond motifs is 1. The Labute approximate surface area is 167 Å². The molecule has 0 unspecified atom stereocenters. The fourth-order valence-electron chi connectivity index (χ4n) is 5.17. The van der Waals surface area contributed by atoms with E-state index < -0.39 is 16.1 Å². The summed E-state index contributed by atoms with van der Waals surface area (Å²) in [6, 6.07) is 4.91. The molecule has 7 heteroatoms. The van der Waals surface area contributed by atoms with Gasteiger partial charge >= 0.3 is 10.2 Å². The summed E-state index contributed by atoms with van der Waals surface area (Å²) in [4.78, 5) is 13.1. The first-order chi connectivity index (χ1) is 13.5. The standard InChI is InChI=1S/C21H30N2O4S/c24-19-13-7-8-16-14-15-22(21(25)20(16)19)28(26,27)23(17-9-3-1-4-10-17)18-11-5-2-6-12-18/h7-8,13,17-18,24H,1-6,9-12,14-15H2. The van der Waals surface area contributed by atoms with Crippen LogP contribution in [0.1, 0.15) is 80.1 Å². The minimum atomic E-state index is -3.93. The van der Waals surface area contributed by atoms with Crippen molar-refractivity contribution in [3.63, 3.8) is 0 Å². The van der Waals surface area contributed by atoms with Gasteiger partial charge in [0.25, 0.3) is 5.91 Å². The number of benzene rings is 1. The third-order valence-electron chi connectivity index (χ3n) is 6.57. The first kappa shape index (κ1) is 19.7. The van der Waals surface area contributed by atoms with Gasteiger partial charge in [0.2, 0.25) is 0 Å². The highest BCUT2D eigenvalue weighted by Crippen LogP contribution is 2.36. The minimum Gasteiger partial charge on any atom is -0.507 e. The maximum atomic E-state index is 13.8. The molecule has 1 heterocycles. The van der Waals surface area contributed by atoms with Crippen LogP contribution in [0.3, 0.4) is 0 Å². The highest BCUT2D eigenvalue weighted by atomic mass is 32.2. The van der Waals surface area contributed by atoms with Crippen LogP contribution in [-0.4, -0.2) is 46.7 Å². The third-order valence-corrected chi connectivity index (χ3v) is 8.60. The van der Waals surface area contributed by atoms with E-state index >= 15 is 0 Å². The molecule has 154 valence electrons. The summed E-state index contributed by atoms with van der Waals surface area (Å²) >= 11 is 0. The van der Waals surface area contributed by atoms with Crippen LogP contribution in [0.25, 0.3) is 0 Å². The van der Waals surface area contributed by atoms with Crippen molar-refractivity contribution >= 4 is 16.1 Å². The fourth-order valence-corrected chi connectivity index (χ4v) is 7.20. The minimum absolute atomic E-state index is 0.0135. The van der Waals surface area contributed by atoms with Gasteiger partial charge in [-0.15, -0.1) is 0 Å². The zero-order valence-corrected chi connectivity index (χ0v) is 17.2. The summed E-state index contributed by atoms with van der Waals surface area (Å²) in [5.41, 5.74) is 0.864. The summed E-state index contributed by atoms with van der Waals surface area (Å²) in [5, 5.41) is 10.2. The maximum Gasteiger partial charge on any atom is 0.307 e. The molecule has 4 rings (SSSR count). The van der Waals surface area contributed by atoms with Gasteiger partial charge in [-0.1, -0.05) is 50.7 Å². The number of carbonyl (C=O) groups excluding carboxylic acids is 1. The quantitative estimate of drug-likeness (QED) is 0.829. The molecule has 0 aromatic heterocycles. The average Bonchev–Trinajstić information content (AvgIpc) is 2.69. The van der Waals surface area contributed by atoms with Crippen LogP contribution in [-0.2, 0) is 16.6 Å². The van der Waals surface area contributed by atoms with Crippen molar-refractivity contribution in [3.8, 4) is 5.75 Å². The maximum absolute atomic E-state index is 13.8. The molecule has 6 nitrogen and oxygen atoms in total. The second kappa shape index (κ2) is 8.03. The van der Waals surface area contributed by atoms with Gasteiger partial charge in [0.05, 0.1) is 5.56 Å². The number of phenols is 1. The van der Waals surface area contributed by atoms with Crippen molar-refractivity contribution in [3.05, 3.63) is 29.3 Å². The van der Waals surface area contributed by atoms with Crippen molar-refractivity contribution in [1.82, 2.24) is 8.61 Å². The monoisotopic (exact) mass is 406 g/mol. The fraction of sp³-hybridized carbons (Fsp3) is 0.667. The number of aromatic hydroxyl groups is 1. The van der Waals surface area contributed by atoms with E-state index in [-0.39, 0.29) is 29.9 Å². The van der Waals surface area contributed by atoms with E-state index in [2.05, 4.69) is 0 Å². The molecule has 2 fully saturated rings. The van der Waals surface area contributed by atoms with Crippen LogP contribution in [0.15, 0.2) is 18.2 Å². The van der Waals surface area contributed by atoms with Crippen LogP contribution in [0.5, 0.6) is 5.75 Å². The lowest BCUT2D eigenvalue weighted by atomic mass is 9.91. The normalized spacial score (nSPS) is 22.5. The Hall–Kier alpha value is -1.60. The summed E-state index contributed by atoms with van der Waals surface area (Å²) < 4.78 is 30.3. The molecule has 0 saturated heterocycles. The number of carbonyl (C=O) groups is 1. The van der Waals surface area contributed by atoms with E-state index in [9.17, 15) is 18.3 Å². The molecule has 1 N–H and O–H groups in total. The van der Waals surface area contributed by atoms with Crippen LogP contribution >= 0.6 is 0 Å². The topological polar surface area (TPSA) is 77.9 Å². The van der Waals surface area contributed by atoms with E-state index in [0.29, 0.717) is 6.42 Å². The molecule has 3 aliphatic rings. The largest absolute Gasteiger partial charge is 0.507 e. The number of hydrogen-bond acceptors (Lipinski definition) is 4. The first-order valence-electron chi connectivity index (χ1n) is 10.7. The average molecular weight is 407 g/mol. The van der Waals surface area contributed by atoms with E-state index in [1.807, 2.05) is 0 Å². The predicted molar refractivity (Wildman–Crippen MR) is 107 cm³/mol. The molecule has 0 atom stereocenters. The third kappa shape index (κ3) is 3.54. The lowest BCUT2D eigenvalue weighted by Crippen LogP contribution is -2.56. The Morgan fingerprint density at radius 1 is 0.929 bits per heavy atom. The molecule has 1 aromatic rings. The van der Waals surface area contributed by atoms with Gasteiger partial charge in [-0.3, -0.25) is 4.79 Å². The second-order valence-corrected chi connectivity index (χ2v) is 10.1. The highest BCUT2D eigenvalue weighted by molar-refractivity contribution is 7.87. The molecular formula is C21H30N2O4S. The van der Waals surface area contributed by atoms with Crippen LogP contribution in [0.2, 0.25) is 0 Å². The molecule has 0 bridgehead atoms. The molecule has 28 heavy (non-hydrogen) atoms. The molecule has 1 aliphatic heterocycles. The zero-order valence-electron chi connectivity index (χ0n) is 16.3. The van der Waals surface area contributed by atoms with Crippen molar-refractivity contribution in [2.45, 2.75) is 82.7 Å². The molecule has 0 spiro atoms. The number of amides is 1. The van der Waals surface area contributed by atoms with E-state index in [0.717, 1.165) is 74.1 Å². The van der Waals surface area contributed by atoms with Gasteiger partial charge in [-0.25, -0.2) is 4.31 Å². The lowest BCUT2D eigenvalue weighted by Gasteiger charge is -2.43. The smallest absolute Gasteiger partial charge is 0.307 e. The summed E-state index contributed by atoms with van der Waals surface area (Å²) in [7, 11) is -3.93. The second-order valence-electron chi connectivity index (χ2n) is 8.36. The van der Waals surface area contributed by atoms with Gasteiger partial charge in [0, 0.05) is 18.6 Å². The summed E-state index contributed by atoms with van der Waals surface area (Å²) in [5.74, 6) is -0.722. The van der Waals surface area contributed by atoms with Crippen molar-refractivity contribution < 1.29 is 18.3 Å². The Bertz CT molecular complexity index is 809. The van der Waals surface area contributed by atoms with Crippen LogP contribution < -0.4 is 0 Å². The van der Waals surface area contributed by atoms with Gasteiger partial charge < -0.3 is 5.11 Å². The Morgan fingerprint density at radius 2 is 1.50 bits per heavy atom. The predicted octanol–water partition coefficient (Wildman–Crippen LogP) is 3.60. The van der Waals surface area contributed by atoms with Crippen LogP contribution in [0.4, 0.5) is 0 Å². The highest BCUT2D eigenvalue weighted by Gasteiger charge is 2.44. The number of rotatable bonds is 4. The number of phenolic OH excluding ortho intramolecular Hbond substituents is 1. The van der Waals surface area contributed by atoms with Gasteiger partial charge in [-0.2, -0.15) is 12.7 Å². The Balaban J connectivity index is 1.69. The molecule has 1 aromatic carbocycles. The number of hydrogen-bond donors (Lipinski definition) is 1. The number of nitrogens with zero attached hydrogens (tertiary/aromatic N) is 2. The lowest BCUT2D eigenvalue weighted by molar-refractivity contribution is 0.0820. The summed E-state index contributed by atoms with van der Waals surface area (Å²) in [6.07, 6.45) is 10.4.